The zero-order valence-electron chi connectivity index (χ0n) is 9.98. The van der Waals surface area contributed by atoms with Crippen LogP contribution in [0.3, 0.4) is 0 Å². The van der Waals surface area contributed by atoms with Crippen LogP contribution in [0.4, 0.5) is 0 Å². The van der Waals surface area contributed by atoms with E-state index in [0.29, 0.717) is 19.8 Å². The molecule has 6 heteroatoms. The molecule has 1 saturated heterocycles. The Bertz CT molecular complexity index is 425. The fourth-order valence-electron chi connectivity index (χ4n) is 2.19. The Morgan fingerprint density at radius 1 is 1.44 bits per heavy atom. The Balaban J connectivity index is 2.11. The van der Waals surface area contributed by atoms with Crippen LogP contribution in [0.1, 0.15) is 17.7 Å². The van der Waals surface area contributed by atoms with E-state index in [0.717, 1.165) is 12.8 Å². The van der Waals surface area contributed by atoms with Crippen LogP contribution < -0.4 is 11.1 Å². The molecule has 0 atom stereocenters. The smallest absolute Gasteiger partial charge is 0.309 e. The standard InChI is InChI=1S/C12H16N2O3S/c13-10(15)11(16)14-8-12(3-5-17-6-4-12)9-2-1-7-18-9/h1-2,7H,3-6,8H2,(H2,13,15)(H,14,16). The number of nitrogens with one attached hydrogen (secondary N) is 1. The second-order valence-electron chi connectivity index (χ2n) is 4.42. The third kappa shape index (κ3) is 2.70. The van der Waals surface area contributed by atoms with Gasteiger partial charge in [0, 0.05) is 30.1 Å². The van der Waals surface area contributed by atoms with Crippen molar-refractivity contribution in [3.05, 3.63) is 22.4 Å². The first-order valence-corrected chi connectivity index (χ1v) is 6.71. The predicted octanol–water partition coefficient (Wildman–Crippen LogP) is 0.398. The lowest BCUT2D eigenvalue weighted by Crippen LogP contribution is -2.47. The van der Waals surface area contributed by atoms with Gasteiger partial charge in [-0.1, -0.05) is 6.07 Å². The van der Waals surface area contributed by atoms with E-state index in [-0.39, 0.29) is 5.41 Å². The van der Waals surface area contributed by atoms with Gasteiger partial charge in [-0.15, -0.1) is 11.3 Å². The van der Waals surface area contributed by atoms with E-state index in [1.54, 1.807) is 11.3 Å². The van der Waals surface area contributed by atoms with E-state index in [1.807, 2.05) is 11.4 Å². The summed E-state index contributed by atoms with van der Waals surface area (Å²) < 4.78 is 5.38. The topological polar surface area (TPSA) is 81.4 Å². The third-order valence-electron chi connectivity index (χ3n) is 3.30. The van der Waals surface area contributed by atoms with Gasteiger partial charge in [0.05, 0.1) is 0 Å². The van der Waals surface area contributed by atoms with Crippen molar-refractivity contribution in [1.82, 2.24) is 5.32 Å². The zero-order valence-corrected chi connectivity index (χ0v) is 10.8. The van der Waals surface area contributed by atoms with E-state index in [9.17, 15) is 9.59 Å². The molecule has 2 heterocycles. The van der Waals surface area contributed by atoms with Gasteiger partial charge < -0.3 is 15.8 Å². The van der Waals surface area contributed by atoms with Gasteiger partial charge in [-0.3, -0.25) is 9.59 Å². The van der Waals surface area contributed by atoms with Gasteiger partial charge in [0.2, 0.25) is 0 Å². The molecular formula is C12H16N2O3S. The minimum atomic E-state index is -0.941. The number of thiophene rings is 1. The number of nitrogens with two attached hydrogens (primary N) is 1. The molecule has 0 aliphatic carbocycles. The maximum Gasteiger partial charge on any atom is 0.309 e. The number of carbonyl (C=O) groups excluding carboxylic acids is 2. The Morgan fingerprint density at radius 2 is 2.17 bits per heavy atom. The average Bonchev–Trinajstić information content (AvgIpc) is 2.91. The summed E-state index contributed by atoms with van der Waals surface area (Å²) in [7, 11) is 0. The minimum absolute atomic E-state index is 0.127. The molecule has 0 aromatic carbocycles. The number of primary amides is 1. The largest absolute Gasteiger partial charge is 0.381 e. The number of ether oxygens (including phenoxy) is 1. The summed E-state index contributed by atoms with van der Waals surface area (Å²) in [6.45, 7) is 1.77. The predicted molar refractivity (Wildman–Crippen MR) is 68.3 cm³/mol. The Kier molecular flexibility index (Phi) is 3.98. The molecule has 0 saturated carbocycles. The van der Waals surface area contributed by atoms with Crippen molar-refractivity contribution in [2.75, 3.05) is 19.8 Å². The summed E-state index contributed by atoms with van der Waals surface area (Å²) >= 11 is 1.67. The number of carbonyl (C=O) groups is 2. The molecule has 1 aromatic rings. The highest BCUT2D eigenvalue weighted by molar-refractivity contribution is 7.10. The van der Waals surface area contributed by atoms with Crippen molar-refractivity contribution in [3.63, 3.8) is 0 Å². The van der Waals surface area contributed by atoms with Gasteiger partial charge in [-0.05, 0) is 24.3 Å². The van der Waals surface area contributed by atoms with Crippen LogP contribution in [0.5, 0.6) is 0 Å². The maximum absolute atomic E-state index is 11.3. The molecule has 98 valence electrons. The second kappa shape index (κ2) is 5.49. The summed E-state index contributed by atoms with van der Waals surface area (Å²) in [5.74, 6) is -1.67. The lowest BCUT2D eigenvalue weighted by atomic mass is 9.78. The van der Waals surface area contributed by atoms with E-state index >= 15 is 0 Å². The highest BCUT2D eigenvalue weighted by Gasteiger charge is 2.36. The second-order valence-corrected chi connectivity index (χ2v) is 5.36. The number of hydrogen-bond acceptors (Lipinski definition) is 4. The van der Waals surface area contributed by atoms with E-state index < -0.39 is 11.8 Å². The van der Waals surface area contributed by atoms with Crippen molar-refractivity contribution < 1.29 is 14.3 Å². The van der Waals surface area contributed by atoms with Crippen molar-refractivity contribution in [2.24, 2.45) is 5.73 Å². The molecule has 5 nitrogen and oxygen atoms in total. The summed E-state index contributed by atoms with van der Waals surface area (Å²) in [5.41, 5.74) is 4.81. The summed E-state index contributed by atoms with van der Waals surface area (Å²) in [5, 5.41) is 4.63. The van der Waals surface area contributed by atoms with Crippen LogP contribution in [0.25, 0.3) is 0 Å². The van der Waals surface area contributed by atoms with Gasteiger partial charge in [0.1, 0.15) is 0 Å². The van der Waals surface area contributed by atoms with Crippen molar-refractivity contribution >= 4 is 23.2 Å². The van der Waals surface area contributed by atoms with Crippen LogP contribution in [-0.4, -0.2) is 31.6 Å². The van der Waals surface area contributed by atoms with Crippen LogP contribution in [0.2, 0.25) is 0 Å². The van der Waals surface area contributed by atoms with E-state index in [1.165, 1.54) is 4.88 Å². The quantitative estimate of drug-likeness (QED) is 0.778. The van der Waals surface area contributed by atoms with Gasteiger partial charge in [-0.2, -0.15) is 0 Å². The summed E-state index contributed by atoms with van der Waals surface area (Å²) in [6.07, 6.45) is 1.68. The molecule has 0 radical (unpaired) electrons. The molecule has 1 aromatic heterocycles. The van der Waals surface area contributed by atoms with Gasteiger partial charge in [0.15, 0.2) is 0 Å². The van der Waals surface area contributed by atoms with Crippen molar-refractivity contribution in [1.29, 1.82) is 0 Å². The number of rotatable bonds is 3. The fraction of sp³-hybridized carbons (Fsp3) is 0.500. The molecule has 0 unspecified atom stereocenters. The molecule has 0 spiro atoms. The van der Waals surface area contributed by atoms with Crippen molar-refractivity contribution in [3.8, 4) is 0 Å². The molecule has 0 bridgehead atoms. The average molecular weight is 268 g/mol. The first kappa shape index (κ1) is 13.0. The maximum atomic E-state index is 11.3. The minimum Gasteiger partial charge on any atom is -0.381 e. The molecule has 2 amide bonds. The SMILES string of the molecule is NC(=O)C(=O)NCC1(c2cccs2)CCOCC1. The summed E-state index contributed by atoms with van der Waals surface area (Å²) in [6, 6.07) is 4.06. The molecule has 1 aliphatic heterocycles. The Morgan fingerprint density at radius 3 is 2.72 bits per heavy atom. The van der Waals surface area contributed by atoms with Crippen molar-refractivity contribution in [2.45, 2.75) is 18.3 Å². The lowest BCUT2D eigenvalue weighted by Gasteiger charge is -2.36. The number of hydrogen-bond donors (Lipinski definition) is 2. The molecular weight excluding hydrogens is 252 g/mol. The van der Waals surface area contributed by atoms with Crippen LogP contribution in [0, 0.1) is 0 Å². The fourth-order valence-corrected chi connectivity index (χ4v) is 3.18. The summed E-state index contributed by atoms with van der Waals surface area (Å²) in [4.78, 5) is 23.3. The zero-order chi connectivity index (χ0) is 13.0. The monoisotopic (exact) mass is 268 g/mol. The first-order valence-electron chi connectivity index (χ1n) is 5.83. The normalized spacial score (nSPS) is 18.2. The molecule has 1 aliphatic rings. The van der Waals surface area contributed by atoms with Crippen LogP contribution in [0.15, 0.2) is 17.5 Å². The van der Waals surface area contributed by atoms with Crippen LogP contribution in [-0.2, 0) is 19.7 Å². The van der Waals surface area contributed by atoms with Gasteiger partial charge in [-0.25, -0.2) is 0 Å². The Labute approximate surface area is 109 Å². The highest BCUT2D eigenvalue weighted by Crippen LogP contribution is 2.36. The highest BCUT2D eigenvalue weighted by atomic mass is 32.1. The van der Waals surface area contributed by atoms with Gasteiger partial charge >= 0.3 is 11.8 Å². The van der Waals surface area contributed by atoms with E-state index in [2.05, 4.69) is 11.4 Å². The lowest BCUT2D eigenvalue weighted by molar-refractivity contribution is -0.137. The molecule has 18 heavy (non-hydrogen) atoms. The molecule has 3 N–H and O–H groups in total. The number of amides is 2. The van der Waals surface area contributed by atoms with Crippen LogP contribution >= 0.6 is 11.3 Å². The third-order valence-corrected chi connectivity index (χ3v) is 4.42. The first-order chi connectivity index (χ1) is 8.64. The van der Waals surface area contributed by atoms with E-state index in [4.69, 9.17) is 10.5 Å². The molecule has 1 fully saturated rings. The Hall–Kier alpha value is -1.40. The molecule has 2 rings (SSSR count). The van der Waals surface area contributed by atoms with Gasteiger partial charge in [0.25, 0.3) is 0 Å².